The summed E-state index contributed by atoms with van der Waals surface area (Å²) in [7, 11) is 5.56. The Labute approximate surface area is 179 Å². The second kappa shape index (κ2) is 9.79. The molecule has 1 aromatic rings. The van der Waals surface area contributed by atoms with E-state index in [2.05, 4.69) is 31.1 Å². The quantitative estimate of drug-likeness (QED) is 0.819. The number of amides is 2. The summed E-state index contributed by atoms with van der Waals surface area (Å²) in [6.45, 7) is 6.06. The topological polar surface area (TPSA) is 71.1 Å². The van der Waals surface area contributed by atoms with Crippen molar-refractivity contribution in [2.45, 2.75) is 45.3 Å². The van der Waals surface area contributed by atoms with Gasteiger partial charge in [-0.15, -0.1) is 0 Å². The molecule has 2 aliphatic rings. The smallest absolute Gasteiger partial charge is 0.257 e. The summed E-state index contributed by atoms with van der Waals surface area (Å²) in [5, 5.41) is 2.96. The fourth-order valence-electron chi connectivity index (χ4n) is 3.95. The number of likely N-dealkylation sites (N-methyl/N-ethyl adjacent to an activating group) is 2. The van der Waals surface area contributed by atoms with Crippen molar-refractivity contribution < 1.29 is 19.1 Å². The van der Waals surface area contributed by atoms with Crippen LogP contribution in [0.4, 0.5) is 5.69 Å². The van der Waals surface area contributed by atoms with Gasteiger partial charge in [0.2, 0.25) is 5.91 Å². The zero-order chi connectivity index (χ0) is 21.8. The molecule has 3 atom stereocenters. The molecule has 7 nitrogen and oxygen atoms in total. The van der Waals surface area contributed by atoms with E-state index in [4.69, 9.17) is 9.47 Å². The third-order valence-corrected chi connectivity index (χ3v) is 6.50. The minimum absolute atomic E-state index is 0.0274. The van der Waals surface area contributed by atoms with Gasteiger partial charge in [-0.25, -0.2) is 0 Å². The first-order chi connectivity index (χ1) is 14.3. The second-order valence-corrected chi connectivity index (χ2v) is 8.86. The predicted molar refractivity (Wildman–Crippen MR) is 117 cm³/mol. The summed E-state index contributed by atoms with van der Waals surface area (Å²) < 4.78 is 11.8. The van der Waals surface area contributed by atoms with Gasteiger partial charge in [0.15, 0.2) is 0 Å². The van der Waals surface area contributed by atoms with Crippen molar-refractivity contribution in [1.29, 1.82) is 0 Å². The van der Waals surface area contributed by atoms with Gasteiger partial charge in [0.1, 0.15) is 12.4 Å². The average Bonchev–Trinajstić information content (AvgIpc) is 2.67. The van der Waals surface area contributed by atoms with E-state index in [9.17, 15) is 9.59 Å². The lowest BCUT2D eigenvalue weighted by atomic mass is 9.85. The Morgan fingerprint density at radius 2 is 1.93 bits per heavy atom. The van der Waals surface area contributed by atoms with Gasteiger partial charge in [-0.3, -0.25) is 14.5 Å². The van der Waals surface area contributed by atoms with Crippen molar-refractivity contribution in [2.24, 2.45) is 11.8 Å². The van der Waals surface area contributed by atoms with Crippen LogP contribution in [0.5, 0.6) is 5.75 Å². The van der Waals surface area contributed by atoms with Crippen LogP contribution >= 0.6 is 0 Å². The average molecular weight is 418 g/mol. The van der Waals surface area contributed by atoms with Crippen LogP contribution in [0.2, 0.25) is 0 Å². The van der Waals surface area contributed by atoms with Gasteiger partial charge in [-0.05, 0) is 50.9 Å². The fourth-order valence-corrected chi connectivity index (χ4v) is 3.95. The van der Waals surface area contributed by atoms with Gasteiger partial charge in [-0.1, -0.05) is 13.3 Å². The van der Waals surface area contributed by atoms with Crippen molar-refractivity contribution in [3.8, 4) is 5.75 Å². The Bertz CT molecular complexity index is 765. The molecule has 0 aromatic heterocycles. The minimum Gasteiger partial charge on any atom is -0.491 e. The normalized spacial score (nSPS) is 26.6. The number of anilines is 1. The lowest BCUT2D eigenvalue weighted by Gasteiger charge is -2.34. The maximum absolute atomic E-state index is 13.3. The number of nitrogens with one attached hydrogen (secondary N) is 1. The highest BCUT2D eigenvalue weighted by Gasteiger charge is 2.28. The number of benzene rings is 1. The van der Waals surface area contributed by atoms with Crippen LogP contribution in [0, 0.1) is 11.8 Å². The molecule has 0 radical (unpaired) electrons. The van der Waals surface area contributed by atoms with Crippen molar-refractivity contribution in [3.05, 3.63) is 23.8 Å². The molecule has 1 aliphatic heterocycles. The molecular weight excluding hydrogens is 382 g/mol. The summed E-state index contributed by atoms with van der Waals surface area (Å²) in [6.07, 6.45) is 2.90. The molecule has 7 heteroatoms. The summed E-state index contributed by atoms with van der Waals surface area (Å²) in [5.41, 5.74) is 1.09. The Kier molecular flexibility index (Phi) is 7.36. The Balaban J connectivity index is 1.88. The predicted octanol–water partition coefficient (Wildman–Crippen LogP) is 2.86. The van der Waals surface area contributed by atoms with Crippen LogP contribution in [0.1, 0.15) is 43.5 Å². The molecule has 1 aliphatic carbocycles. The van der Waals surface area contributed by atoms with Gasteiger partial charge >= 0.3 is 0 Å². The number of fused-ring (bicyclic) bond motifs is 1. The molecule has 1 heterocycles. The molecule has 0 unspecified atom stereocenters. The number of methoxy groups -OCH3 is 1. The molecule has 0 saturated heterocycles. The van der Waals surface area contributed by atoms with Crippen LogP contribution < -0.4 is 10.1 Å². The van der Waals surface area contributed by atoms with E-state index in [1.807, 2.05) is 6.07 Å². The zero-order valence-electron chi connectivity index (χ0n) is 18.8. The van der Waals surface area contributed by atoms with E-state index >= 15 is 0 Å². The Hall–Kier alpha value is -2.12. The summed E-state index contributed by atoms with van der Waals surface area (Å²) in [4.78, 5) is 29.6. The number of carbonyl (C=O) groups is 2. The fraction of sp³-hybridized carbons (Fsp3) is 0.652. The van der Waals surface area contributed by atoms with Gasteiger partial charge in [-0.2, -0.15) is 0 Å². The number of hydrogen-bond acceptors (Lipinski definition) is 5. The monoisotopic (exact) mass is 417 g/mol. The minimum atomic E-state index is -0.138. The molecule has 30 heavy (non-hydrogen) atoms. The van der Waals surface area contributed by atoms with E-state index in [0.717, 1.165) is 25.8 Å². The third-order valence-electron chi connectivity index (χ3n) is 6.50. The SMILES string of the molecule is CO[C@@H]1CN(C)C(=O)c2cc(NC(=O)C3CCC3)ccc2OC[C@H](C)N(C)C[C@H]1C. The van der Waals surface area contributed by atoms with E-state index in [1.54, 1.807) is 31.2 Å². The maximum atomic E-state index is 13.3. The highest BCUT2D eigenvalue weighted by Crippen LogP contribution is 2.30. The Morgan fingerprint density at radius 3 is 2.57 bits per heavy atom. The molecule has 1 saturated carbocycles. The largest absolute Gasteiger partial charge is 0.491 e. The van der Waals surface area contributed by atoms with Crippen molar-refractivity contribution in [3.63, 3.8) is 0 Å². The number of carbonyl (C=O) groups excluding carboxylic acids is 2. The zero-order valence-corrected chi connectivity index (χ0v) is 18.8. The maximum Gasteiger partial charge on any atom is 0.257 e. The van der Waals surface area contributed by atoms with Crippen LogP contribution in [-0.4, -0.2) is 74.7 Å². The highest BCUT2D eigenvalue weighted by atomic mass is 16.5. The molecule has 166 valence electrons. The molecule has 2 amide bonds. The van der Waals surface area contributed by atoms with Crippen molar-refractivity contribution in [1.82, 2.24) is 9.80 Å². The number of nitrogens with zero attached hydrogens (tertiary/aromatic N) is 2. The lowest BCUT2D eigenvalue weighted by Crippen LogP contribution is -2.45. The van der Waals surface area contributed by atoms with Crippen LogP contribution in [-0.2, 0) is 9.53 Å². The van der Waals surface area contributed by atoms with Crippen LogP contribution in [0.15, 0.2) is 18.2 Å². The molecule has 1 fully saturated rings. The van der Waals surface area contributed by atoms with Crippen LogP contribution in [0.25, 0.3) is 0 Å². The molecule has 1 N–H and O–H groups in total. The highest BCUT2D eigenvalue weighted by molar-refractivity contribution is 5.99. The van der Waals surface area contributed by atoms with E-state index in [1.165, 1.54) is 0 Å². The molecule has 3 rings (SSSR count). The van der Waals surface area contributed by atoms with Crippen molar-refractivity contribution >= 4 is 17.5 Å². The lowest BCUT2D eigenvalue weighted by molar-refractivity contribution is -0.122. The molecule has 0 bridgehead atoms. The van der Waals surface area contributed by atoms with Crippen molar-refractivity contribution in [2.75, 3.05) is 46.2 Å². The first-order valence-electron chi connectivity index (χ1n) is 10.9. The number of ether oxygens (including phenoxy) is 2. The summed E-state index contributed by atoms with van der Waals surface area (Å²) in [6, 6.07) is 5.51. The Morgan fingerprint density at radius 1 is 1.20 bits per heavy atom. The van der Waals surface area contributed by atoms with Gasteiger partial charge in [0.05, 0.1) is 11.7 Å². The molecular formula is C23H35N3O4. The standard InChI is InChI=1S/C23H35N3O4/c1-15-12-25(3)16(2)14-30-20-10-9-18(24-22(27)17-7-6-8-17)11-19(20)23(28)26(4)13-21(15)29-5/h9-11,15-17,21H,6-8,12-14H2,1-5H3,(H,24,27)/t15-,16+,21-/m1/s1. The number of rotatable bonds is 3. The number of hydrogen-bond donors (Lipinski definition) is 1. The van der Waals surface area contributed by atoms with Gasteiger partial charge in [0, 0.05) is 44.9 Å². The van der Waals surface area contributed by atoms with E-state index in [-0.39, 0.29) is 35.8 Å². The summed E-state index contributed by atoms with van der Waals surface area (Å²) in [5.74, 6) is 0.766. The molecule has 0 spiro atoms. The first kappa shape index (κ1) is 22.6. The second-order valence-electron chi connectivity index (χ2n) is 8.86. The van der Waals surface area contributed by atoms with E-state index < -0.39 is 0 Å². The van der Waals surface area contributed by atoms with E-state index in [0.29, 0.717) is 30.2 Å². The van der Waals surface area contributed by atoms with Gasteiger partial charge < -0.3 is 19.7 Å². The van der Waals surface area contributed by atoms with Crippen LogP contribution in [0.3, 0.4) is 0 Å². The molecule has 1 aromatic carbocycles. The summed E-state index contributed by atoms with van der Waals surface area (Å²) >= 11 is 0. The van der Waals surface area contributed by atoms with Gasteiger partial charge in [0.25, 0.3) is 5.91 Å². The third kappa shape index (κ3) is 5.13. The first-order valence-corrected chi connectivity index (χ1v) is 10.9.